The number of rotatable bonds is 5. The summed E-state index contributed by atoms with van der Waals surface area (Å²) in [4.78, 5) is 13.1. The van der Waals surface area contributed by atoms with Crippen LogP contribution in [0, 0.1) is 17.6 Å². The van der Waals surface area contributed by atoms with Crippen molar-refractivity contribution in [1.82, 2.24) is 15.1 Å². The lowest BCUT2D eigenvalue weighted by molar-refractivity contribution is 0.0944. The number of hydrogen-bond donors (Lipinski definition) is 1. The highest BCUT2D eigenvalue weighted by atomic mass is 32.2. The van der Waals surface area contributed by atoms with E-state index < -0.39 is 21.5 Å². The first kappa shape index (κ1) is 19.9. The zero-order valence-electron chi connectivity index (χ0n) is 16.6. The Bertz CT molecular complexity index is 1320. The van der Waals surface area contributed by atoms with Crippen molar-refractivity contribution in [3.8, 4) is 5.69 Å². The molecule has 2 aromatic carbocycles. The summed E-state index contributed by atoms with van der Waals surface area (Å²) in [5.74, 6) is -1.09. The molecule has 31 heavy (non-hydrogen) atoms. The Hall–Kier alpha value is -3.07. The van der Waals surface area contributed by atoms with E-state index >= 15 is 0 Å². The molecule has 2 aliphatic rings. The smallest absolute Gasteiger partial charge is 0.272 e. The molecular formula is C22H19F2N3O3S. The van der Waals surface area contributed by atoms with Crippen LogP contribution in [0.3, 0.4) is 0 Å². The van der Waals surface area contributed by atoms with E-state index in [9.17, 15) is 22.0 Å². The first-order valence-corrected chi connectivity index (χ1v) is 11.8. The molecule has 1 fully saturated rings. The zero-order valence-corrected chi connectivity index (χ0v) is 17.4. The number of benzene rings is 2. The molecule has 0 unspecified atom stereocenters. The third-order valence-electron chi connectivity index (χ3n) is 5.92. The van der Waals surface area contributed by atoms with Gasteiger partial charge < -0.3 is 5.32 Å². The molecule has 1 aromatic heterocycles. The molecule has 1 saturated carbocycles. The van der Waals surface area contributed by atoms with Crippen molar-refractivity contribution in [2.75, 3.05) is 6.26 Å². The van der Waals surface area contributed by atoms with Crippen molar-refractivity contribution in [3.63, 3.8) is 0 Å². The second-order valence-corrected chi connectivity index (χ2v) is 10.1. The Kier molecular flexibility index (Phi) is 4.47. The van der Waals surface area contributed by atoms with Gasteiger partial charge in [0.25, 0.3) is 5.91 Å². The maximum absolute atomic E-state index is 14.4. The summed E-state index contributed by atoms with van der Waals surface area (Å²) in [7, 11) is -3.29. The Morgan fingerprint density at radius 2 is 1.94 bits per heavy atom. The van der Waals surface area contributed by atoms with Gasteiger partial charge in [0.15, 0.2) is 21.3 Å². The fourth-order valence-electron chi connectivity index (χ4n) is 4.26. The number of nitrogens with one attached hydrogen (secondary N) is 1. The van der Waals surface area contributed by atoms with Gasteiger partial charge in [0.2, 0.25) is 0 Å². The summed E-state index contributed by atoms with van der Waals surface area (Å²) < 4.78 is 52.3. The van der Waals surface area contributed by atoms with E-state index in [-0.39, 0.29) is 34.6 Å². The summed E-state index contributed by atoms with van der Waals surface area (Å²) in [5.41, 5.74) is 2.76. The number of fused-ring (bicyclic) bond motifs is 3. The molecular weight excluding hydrogens is 424 g/mol. The Balaban J connectivity index is 1.41. The first-order chi connectivity index (χ1) is 14.7. The van der Waals surface area contributed by atoms with Crippen LogP contribution < -0.4 is 5.32 Å². The van der Waals surface area contributed by atoms with E-state index in [4.69, 9.17) is 0 Å². The normalized spacial score (nSPS) is 19.1. The second-order valence-electron chi connectivity index (χ2n) is 8.13. The van der Waals surface area contributed by atoms with Gasteiger partial charge in [-0.3, -0.25) is 4.79 Å². The molecule has 0 saturated heterocycles. The standard InChI is InChI=1S/C22H19F2N3O3S/c1-31(29,30)15-5-2-12(3-6-15)11-25-22(28)20-17-9-13-8-16(13)21(17)27(26-20)19-7-4-14(23)10-18(19)24/h2-7,10,13,16H,8-9,11H2,1H3,(H,25,28)/t13-,16-/m1/s1. The second kappa shape index (κ2) is 6.98. The number of aromatic nitrogens is 2. The number of carbonyl (C=O) groups excluding carboxylic acids is 1. The van der Waals surface area contributed by atoms with Crippen LogP contribution in [0.4, 0.5) is 8.78 Å². The van der Waals surface area contributed by atoms with Gasteiger partial charge in [-0.15, -0.1) is 0 Å². The Morgan fingerprint density at radius 1 is 1.19 bits per heavy atom. The SMILES string of the molecule is CS(=O)(=O)c1ccc(CNC(=O)c2nn(-c3ccc(F)cc3F)c3c2C[C@H]2C[C@@H]32)cc1. The van der Waals surface area contributed by atoms with Gasteiger partial charge >= 0.3 is 0 Å². The molecule has 1 heterocycles. The molecule has 1 amide bonds. The van der Waals surface area contributed by atoms with Gasteiger partial charge in [-0.25, -0.2) is 21.9 Å². The van der Waals surface area contributed by atoms with Crippen LogP contribution >= 0.6 is 0 Å². The average molecular weight is 443 g/mol. The minimum Gasteiger partial charge on any atom is -0.347 e. The van der Waals surface area contributed by atoms with Crippen LogP contribution in [0.15, 0.2) is 47.4 Å². The van der Waals surface area contributed by atoms with Crippen molar-refractivity contribution in [1.29, 1.82) is 0 Å². The Labute approximate surface area is 177 Å². The van der Waals surface area contributed by atoms with E-state index in [0.717, 1.165) is 35.6 Å². The highest BCUT2D eigenvalue weighted by Crippen LogP contribution is 2.57. The highest BCUT2D eigenvalue weighted by Gasteiger charge is 2.50. The minimum atomic E-state index is -3.29. The van der Waals surface area contributed by atoms with E-state index in [1.807, 2.05) is 0 Å². The quantitative estimate of drug-likeness (QED) is 0.657. The third kappa shape index (κ3) is 3.52. The molecule has 2 atom stereocenters. The number of sulfone groups is 1. The van der Waals surface area contributed by atoms with E-state index in [0.29, 0.717) is 12.3 Å². The summed E-state index contributed by atoms with van der Waals surface area (Å²) in [6.07, 6.45) is 2.83. The van der Waals surface area contributed by atoms with Gasteiger partial charge in [-0.05, 0) is 48.6 Å². The molecule has 9 heteroatoms. The van der Waals surface area contributed by atoms with E-state index in [2.05, 4.69) is 10.4 Å². The Morgan fingerprint density at radius 3 is 2.61 bits per heavy atom. The van der Waals surface area contributed by atoms with Gasteiger partial charge in [0, 0.05) is 30.3 Å². The third-order valence-corrected chi connectivity index (χ3v) is 7.05. The van der Waals surface area contributed by atoms with Crippen LogP contribution in [0.5, 0.6) is 0 Å². The lowest BCUT2D eigenvalue weighted by atomic mass is 10.1. The molecule has 3 aromatic rings. The lowest BCUT2D eigenvalue weighted by Gasteiger charge is -2.07. The van der Waals surface area contributed by atoms with Crippen molar-refractivity contribution >= 4 is 15.7 Å². The van der Waals surface area contributed by atoms with Crippen LogP contribution in [0.25, 0.3) is 5.69 Å². The molecule has 0 spiro atoms. The summed E-state index contributed by atoms with van der Waals surface area (Å²) in [6.45, 7) is 0.197. The summed E-state index contributed by atoms with van der Waals surface area (Å²) in [5, 5.41) is 7.19. The molecule has 160 valence electrons. The zero-order chi connectivity index (χ0) is 21.9. The van der Waals surface area contributed by atoms with E-state index in [1.54, 1.807) is 12.1 Å². The molecule has 5 rings (SSSR count). The van der Waals surface area contributed by atoms with Crippen LogP contribution in [0.2, 0.25) is 0 Å². The molecule has 6 nitrogen and oxygen atoms in total. The van der Waals surface area contributed by atoms with Crippen LogP contribution in [-0.4, -0.2) is 30.4 Å². The van der Waals surface area contributed by atoms with Crippen LogP contribution in [-0.2, 0) is 22.8 Å². The summed E-state index contributed by atoms with van der Waals surface area (Å²) in [6, 6.07) is 9.58. The first-order valence-electron chi connectivity index (χ1n) is 9.87. The highest BCUT2D eigenvalue weighted by molar-refractivity contribution is 7.90. The van der Waals surface area contributed by atoms with Gasteiger partial charge in [0.1, 0.15) is 11.5 Å². The monoisotopic (exact) mass is 443 g/mol. The largest absolute Gasteiger partial charge is 0.347 e. The average Bonchev–Trinajstić information content (AvgIpc) is 3.22. The van der Waals surface area contributed by atoms with Crippen molar-refractivity contribution in [2.24, 2.45) is 5.92 Å². The van der Waals surface area contributed by atoms with Crippen molar-refractivity contribution in [2.45, 2.75) is 30.2 Å². The van der Waals surface area contributed by atoms with Crippen molar-refractivity contribution < 1.29 is 22.0 Å². The van der Waals surface area contributed by atoms with E-state index in [1.165, 1.54) is 28.9 Å². The number of amides is 1. The number of carbonyl (C=O) groups is 1. The van der Waals surface area contributed by atoms with Crippen molar-refractivity contribution in [3.05, 3.63) is 76.6 Å². The fourth-order valence-corrected chi connectivity index (χ4v) is 4.89. The molecule has 2 aliphatic carbocycles. The lowest BCUT2D eigenvalue weighted by Crippen LogP contribution is -2.24. The fraction of sp³-hybridized carbons (Fsp3) is 0.273. The van der Waals surface area contributed by atoms with Gasteiger partial charge in [-0.2, -0.15) is 5.10 Å². The topological polar surface area (TPSA) is 81.1 Å². The van der Waals surface area contributed by atoms with Crippen LogP contribution in [0.1, 0.15) is 39.6 Å². The number of nitrogens with zero attached hydrogens (tertiary/aromatic N) is 2. The summed E-state index contributed by atoms with van der Waals surface area (Å²) >= 11 is 0. The molecule has 0 bridgehead atoms. The van der Waals surface area contributed by atoms with Gasteiger partial charge in [-0.1, -0.05) is 12.1 Å². The maximum atomic E-state index is 14.4. The predicted molar refractivity (Wildman–Crippen MR) is 109 cm³/mol. The molecule has 0 aliphatic heterocycles. The molecule has 1 N–H and O–H groups in total. The maximum Gasteiger partial charge on any atom is 0.272 e. The minimum absolute atomic E-state index is 0.126. The molecule has 0 radical (unpaired) electrons. The van der Waals surface area contributed by atoms with Gasteiger partial charge in [0.05, 0.1) is 10.6 Å². The number of hydrogen-bond acceptors (Lipinski definition) is 4. The predicted octanol–water partition coefficient (Wildman–Crippen LogP) is 3.14. The number of halogens is 2.